The number of halogens is 1. The summed E-state index contributed by atoms with van der Waals surface area (Å²) in [6, 6.07) is 3.43. The first kappa shape index (κ1) is 11.4. The summed E-state index contributed by atoms with van der Waals surface area (Å²) in [7, 11) is 0. The molecule has 2 rings (SSSR count). The topological polar surface area (TPSA) is 54.0 Å². The third-order valence-electron chi connectivity index (χ3n) is 2.60. The van der Waals surface area contributed by atoms with Gasteiger partial charge in [-0.15, -0.1) is 0 Å². The Balaban J connectivity index is 1.84. The van der Waals surface area contributed by atoms with Crippen LogP contribution in [0.15, 0.2) is 18.3 Å². The Kier molecular flexibility index (Phi) is 3.74. The molecule has 1 saturated heterocycles. The Labute approximate surface area is 99.4 Å². The molecular weight excluding hydrogens is 226 g/mol. The summed E-state index contributed by atoms with van der Waals surface area (Å²) in [5.74, 6) is 0.0410. The van der Waals surface area contributed by atoms with Crippen molar-refractivity contribution in [1.29, 1.82) is 0 Å². The van der Waals surface area contributed by atoms with Crippen LogP contribution in [0.3, 0.4) is 0 Å². The number of aromatic nitrogens is 1. The average Bonchev–Trinajstić information content (AvgIpc) is 2.79. The zero-order valence-electron chi connectivity index (χ0n) is 8.87. The number of rotatable bonds is 3. The maximum absolute atomic E-state index is 11.7. The van der Waals surface area contributed by atoms with E-state index < -0.39 is 0 Å². The summed E-state index contributed by atoms with van der Waals surface area (Å²) in [6.45, 7) is 1.35. The molecule has 1 aliphatic rings. The van der Waals surface area contributed by atoms with Crippen LogP contribution in [-0.4, -0.2) is 23.5 Å². The van der Waals surface area contributed by atoms with Crippen LogP contribution in [0, 0.1) is 0 Å². The number of pyridine rings is 1. The van der Waals surface area contributed by atoms with Gasteiger partial charge >= 0.3 is 0 Å². The predicted octanol–water partition coefficient (Wildman–Crippen LogP) is 1.10. The standard InChI is InChI=1S/C11H14ClN3O/c12-8-3-5-13-9(6-8)7-15-11(16)10-2-1-4-14-10/h3,5-6,10,14H,1-2,4,7H2,(H,15,16)/t10-/m0/s1. The van der Waals surface area contributed by atoms with E-state index in [9.17, 15) is 4.79 Å². The minimum absolute atomic E-state index is 0.0410. The van der Waals surface area contributed by atoms with Crippen LogP contribution in [0.4, 0.5) is 0 Å². The highest BCUT2D eigenvalue weighted by molar-refractivity contribution is 6.30. The van der Waals surface area contributed by atoms with Crippen LogP contribution in [0.1, 0.15) is 18.5 Å². The second kappa shape index (κ2) is 5.27. The largest absolute Gasteiger partial charge is 0.349 e. The van der Waals surface area contributed by atoms with E-state index in [1.807, 2.05) is 0 Å². The van der Waals surface area contributed by atoms with Crippen LogP contribution in [0.5, 0.6) is 0 Å². The Bertz CT molecular complexity index is 377. The highest BCUT2D eigenvalue weighted by Gasteiger charge is 2.21. The highest BCUT2D eigenvalue weighted by atomic mass is 35.5. The second-order valence-electron chi connectivity index (χ2n) is 3.83. The Morgan fingerprint density at radius 1 is 1.69 bits per heavy atom. The summed E-state index contributed by atoms with van der Waals surface area (Å²) in [4.78, 5) is 15.8. The van der Waals surface area contributed by atoms with Gasteiger partial charge in [0.15, 0.2) is 0 Å². The molecule has 0 bridgehead atoms. The van der Waals surface area contributed by atoms with Gasteiger partial charge in [-0.3, -0.25) is 9.78 Å². The molecule has 0 aromatic carbocycles. The predicted molar refractivity (Wildman–Crippen MR) is 62.1 cm³/mol. The first-order chi connectivity index (χ1) is 7.75. The van der Waals surface area contributed by atoms with Gasteiger partial charge in [-0.05, 0) is 31.5 Å². The number of amides is 1. The van der Waals surface area contributed by atoms with Crippen molar-refractivity contribution in [1.82, 2.24) is 15.6 Å². The summed E-state index contributed by atoms with van der Waals surface area (Å²) < 4.78 is 0. The molecule has 1 atom stereocenters. The molecule has 0 radical (unpaired) electrons. The molecule has 2 heterocycles. The fraction of sp³-hybridized carbons (Fsp3) is 0.455. The number of hydrogen-bond acceptors (Lipinski definition) is 3. The van der Waals surface area contributed by atoms with Gasteiger partial charge in [0.1, 0.15) is 0 Å². The van der Waals surface area contributed by atoms with Crippen LogP contribution in [-0.2, 0) is 11.3 Å². The fourth-order valence-electron chi connectivity index (χ4n) is 1.75. The van der Waals surface area contributed by atoms with E-state index in [1.165, 1.54) is 0 Å². The molecule has 1 aromatic heterocycles. The zero-order valence-corrected chi connectivity index (χ0v) is 9.63. The van der Waals surface area contributed by atoms with Gasteiger partial charge in [0.25, 0.3) is 0 Å². The smallest absolute Gasteiger partial charge is 0.237 e. The van der Waals surface area contributed by atoms with Crippen LogP contribution in [0.2, 0.25) is 5.02 Å². The van der Waals surface area contributed by atoms with E-state index in [0.717, 1.165) is 25.1 Å². The molecule has 0 saturated carbocycles. The molecule has 5 heteroatoms. The fourth-order valence-corrected chi connectivity index (χ4v) is 1.94. The van der Waals surface area contributed by atoms with E-state index in [-0.39, 0.29) is 11.9 Å². The quantitative estimate of drug-likeness (QED) is 0.831. The lowest BCUT2D eigenvalue weighted by molar-refractivity contribution is -0.122. The van der Waals surface area contributed by atoms with Gasteiger partial charge in [-0.1, -0.05) is 11.6 Å². The van der Waals surface area contributed by atoms with Crippen LogP contribution < -0.4 is 10.6 Å². The molecular formula is C11H14ClN3O. The first-order valence-electron chi connectivity index (χ1n) is 5.37. The maximum Gasteiger partial charge on any atom is 0.237 e. The van der Waals surface area contributed by atoms with Crippen molar-refractivity contribution >= 4 is 17.5 Å². The summed E-state index contributed by atoms with van der Waals surface area (Å²) in [5.41, 5.74) is 0.777. The third-order valence-corrected chi connectivity index (χ3v) is 2.83. The molecule has 1 amide bonds. The lowest BCUT2D eigenvalue weighted by atomic mass is 10.2. The summed E-state index contributed by atoms with van der Waals surface area (Å²) >= 11 is 5.82. The van der Waals surface area contributed by atoms with Gasteiger partial charge in [-0.2, -0.15) is 0 Å². The van der Waals surface area contributed by atoms with E-state index in [4.69, 9.17) is 11.6 Å². The first-order valence-corrected chi connectivity index (χ1v) is 5.75. The van der Waals surface area contributed by atoms with E-state index >= 15 is 0 Å². The number of nitrogens with zero attached hydrogens (tertiary/aromatic N) is 1. The third kappa shape index (κ3) is 2.93. The van der Waals surface area contributed by atoms with Crippen molar-refractivity contribution in [2.45, 2.75) is 25.4 Å². The SMILES string of the molecule is O=C(NCc1cc(Cl)ccn1)[C@@H]1CCCN1. The zero-order chi connectivity index (χ0) is 11.4. The lowest BCUT2D eigenvalue weighted by Gasteiger charge is -2.10. The van der Waals surface area contributed by atoms with Gasteiger partial charge in [0.2, 0.25) is 5.91 Å². The molecule has 16 heavy (non-hydrogen) atoms. The number of hydrogen-bond donors (Lipinski definition) is 2. The molecule has 86 valence electrons. The highest BCUT2D eigenvalue weighted by Crippen LogP contribution is 2.08. The summed E-state index contributed by atoms with van der Waals surface area (Å²) in [5, 5.41) is 6.63. The van der Waals surface area contributed by atoms with E-state index in [1.54, 1.807) is 18.3 Å². The summed E-state index contributed by atoms with van der Waals surface area (Å²) in [6.07, 6.45) is 3.61. The molecule has 0 spiro atoms. The minimum Gasteiger partial charge on any atom is -0.349 e. The van der Waals surface area contributed by atoms with Crippen molar-refractivity contribution in [2.24, 2.45) is 0 Å². The molecule has 1 fully saturated rings. The monoisotopic (exact) mass is 239 g/mol. The Hall–Kier alpha value is -1.13. The van der Waals surface area contributed by atoms with Gasteiger partial charge in [-0.25, -0.2) is 0 Å². The average molecular weight is 240 g/mol. The molecule has 0 unspecified atom stereocenters. The Morgan fingerprint density at radius 2 is 2.56 bits per heavy atom. The number of carbonyl (C=O) groups excluding carboxylic acids is 1. The molecule has 1 aromatic rings. The van der Waals surface area contributed by atoms with Crippen LogP contribution >= 0.6 is 11.6 Å². The minimum atomic E-state index is -0.0424. The Morgan fingerprint density at radius 3 is 3.25 bits per heavy atom. The van der Waals surface area contributed by atoms with Gasteiger partial charge in [0, 0.05) is 11.2 Å². The lowest BCUT2D eigenvalue weighted by Crippen LogP contribution is -2.40. The van der Waals surface area contributed by atoms with Crippen molar-refractivity contribution in [3.8, 4) is 0 Å². The normalized spacial score (nSPS) is 19.7. The maximum atomic E-state index is 11.7. The van der Waals surface area contributed by atoms with Crippen molar-refractivity contribution < 1.29 is 4.79 Å². The number of carbonyl (C=O) groups is 1. The van der Waals surface area contributed by atoms with Gasteiger partial charge < -0.3 is 10.6 Å². The van der Waals surface area contributed by atoms with Gasteiger partial charge in [0.05, 0.1) is 18.3 Å². The molecule has 1 aliphatic heterocycles. The molecule has 0 aliphatic carbocycles. The van der Waals surface area contributed by atoms with Crippen molar-refractivity contribution in [3.05, 3.63) is 29.0 Å². The number of nitrogens with one attached hydrogen (secondary N) is 2. The van der Waals surface area contributed by atoms with Crippen molar-refractivity contribution in [2.75, 3.05) is 6.54 Å². The van der Waals surface area contributed by atoms with Crippen LogP contribution in [0.25, 0.3) is 0 Å². The molecule has 2 N–H and O–H groups in total. The molecule has 4 nitrogen and oxygen atoms in total. The van der Waals surface area contributed by atoms with Crippen molar-refractivity contribution in [3.63, 3.8) is 0 Å². The van der Waals surface area contributed by atoms with E-state index in [0.29, 0.717) is 11.6 Å². The second-order valence-corrected chi connectivity index (χ2v) is 4.27. The van der Waals surface area contributed by atoms with E-state index in [2.05, 4.69) is 15.6 Å².